The van der Waals surface area contributed by atoms with Gasteiger partial charge >= 0.3 is 0 Å². The summed E-state index contributed by atoms with van der Waals surface area (Å²) in [6.07, 6.45) is 1.97. The first-order valence-electron chi connectivity index (χ1n) is 5.92. The van der Waals surface area contributed by atoms with Gasteiger partial charge in [-0.3, -0.25) is 4.79 Å². The van der Waals surface area contributed by atoms with E-state index in [4.69, 9.17) is 4.74 Å². The Morgan fingerprint density at radius 1 is 1.56 bits per heavy atom. The minimum atomic E-state index is -0.499. The predicted octanol–water partition coefficient (Wildman–Crippen LogP) is 2.37. The fourth-order valence-electron chi connectivity index (χ4n) is 1.86. The average Bonchev–Trinajstić information content (AvgIpc) is 3.17. The fourth-order valence-corrected chi connectivity index (χ4v) is 2.06. The Kier molecular flexibility index (Phi) is 4.24. The van der Waals surface area contributed by atoms with E-state index < -0.39 is 5.82 Å². The van der Waals surface area contributed by atoms with Gasteiger partial charge in [0.1, 0.15) is 5.82 Å². The zero-order valence-electron chi connectivity index (χ0n) is 10.2. The van der Waals surface area contributed by atoms with Crippen LogP contribution in [0.5, 0.6) is 0 Å². The summed E-state index contributed by atoms with van der Waals surface area (Å²) in [7, 11) is 1.59. The Bertz CT molecular complexity index is 449. The maximum absolute atomic E-state index is 13.7. The van der Waals surface area contributed by atoms with Gasteiger partial charge in [0.15, 0.2) is 0 Å². The van der Waals surface area contributed by atoms with Crippen LogP contribution in [0.1, 0.15) is 23.2 Å². The summed E-state index contributed by atoms with van der Waals surface area (Å²) in [6, 6.07) is 4.52. The minimum Gasteiger partial charge on any atom is -0.383 e. The van der Waals surface area contributed by atoms with Crippen molar-refractivity contribution < 1.29 is 13.9 Å². The number of nitrogens with zero attached hydrogens (tertiary/aromatic N) is 1. The van der Waals surface area contributed by atoms with Crippen molar-refractivity contribution in [2.75, 3.05) is 20.3 Å². The van der Waals surface area contributed by atoms with Gasteiger partial charge in [0.05, 0.1) is 12.2 Å². The molecule has 0 unspecified atom stereocenters. The number of methoxy groups -OCH3 is 1. The van der Waals surface area contributed by atoms with E-state index in [-0.39, 0.29) is 17.5 Å². The molecule has 0 saturated heterocycles. The number of carbonyl (C=O) groups is 1. The largest absolute Gasteiger partial charge is 0.383 e. The van der Waals surface area contributed by atoms with Crippen molar-refractivity contribution in [3.8, 4) is 0 Å². The highest BCUT2D eigenvalue weighted by Crippen LogP contribution is 2.28. The third-order valence-electron chi connectivity index (χ3n) is 2.97. The molecule has 0 N–H and O–H groups in total. The molecule has 1 saturated carbocycles. The highest BCUT2D eigenvalue weighted by Gasteiger charge is 2.33. The summed E-state index contributed by atoms with van der Waals surface area (Å²) in [5.74, 6) is -0.774. The van der Waals surface area contributed by atoms with Gasteiger partial charge in [0, 0.05) is 24.6 Å². The Hall–Kier alpha value is -1.07. The van der Waals surface area contributed by atoms with Gasteiger partial charge in [0.2, 0.25) is 0 Å². The molecule has 0 atom stereocenters. The number of hydrogen-bond acceptors (Lipinski definition) is 3. The normalized spacial score (nSPS) is 14.6. The summed E-state index contributed by atoms with van der Waals surface area (Å²) in [5, 5.41) is 0. The Labute approximate surface area is 111 Å². The number of rotatable bonds is 5. The van der Waals surface area contributed by atoms with Crippen molar-refractivity contribution in [1.82, 2.24) is 4.90 Å². The molecule has 1 aliphatic rings. The first-order chi connectivity index (χ1) is 8.63. The average molecular weight is 269 g/mol. The second kappa shape index (κ2) is 5.71. The standard InChI is InChI=1S/C13H16FNO2S/c1-17-7-6-15(9-2-3-9)13(16)11-8-10(18)4-5-12(11)14/h4-5,8-9,18H,2-3,6-7H2,1H3. The van der Waals surface area contributed by atoms with E-state index >= 15 is 0 Å². The molecule has 1 aliphatic carbocycles. The summed E-state index contributed by atoms with van der Waals surface area (Å²) in [5.41, 5.74) is 0.0884. The van der Waals surface area contributed by atoms with Gasteiger partial charge in [-0.15, -0.1) is 12.6 Å². The van der Waals surface area contributed by atoms with Crippen LogP contribution in [-0.2, 0) is 4.74 Å². The molecule has 2 rings (SSSR count). The quantitative estimate of drug-likeness (QED) is 0.832. The van der Waals surface area contributed by atoms with Gasteiger partial charge < -0.3 is 9.64 Å². The van der Waals surface area contributed by atoms with Crippen molar-refractivity contribution in [1.29, 1.82) is 0 Å². The molecule has 0 aliphatic heterocycles. The summed E-state index contributed by atoms with van der Waals surface area (Å²) >= 11 is 4.14. The van der Waals surface area contributed by atoms with Crippen LogP contribution in [0.2, 0.25) is 0 Å². The number of benzene rings is 1. The topological polar surface area (TPSA) is 29.5 Å². The van der Waals surface area contributed by atoms with E-state index in [0.29, 0.717) is 18.0 Å². The van der Waals surface area contributed by atoms with Crippen LogP contribution in [0, 0.1) is 5.82 Å². The molecule has 0 bridgehead atoms. The van der Waals surface area contributed by atoms with Gasteiger partial charge in [-0.2, -0.15) is 0 Å². The predicted molar refractivity (Wildman–Crippen MR) is 69.6 cm³/mol. The van der Waals surface area contributed by atoms with Crippen LogP contribution in [0.3, 0.4) is 0 Å². The third-order valence-corrected chi connectivity index (χ3v) is 3.24. The zero-order chi connectivity index (χ0) is 13.1. The molecule has 0 heterocycles. The van der Waals surface area contributed by atoms with Crippen molar-refractivity contribution >= 4 is 18.5 Å². The maximum Gasteiger partial charge on any atom is 0.257 e. The molecule has 3 nitrogen and oxygen atoms in total. The van der Waals surface area contributed by atoms with Crippen LogP contribution in [-0.4, -0.2) is 37.1 Å². The second-order valence-electron chi connectivity index (χ2n) is 4.39. The minimum absolute atomic E-state index is 0.0884. The van der Waals surface area contributed by atoms with E-state index in [1.807, 2.05) is 0 Å². The second-order valence-corrected chi connectivity index (χ2v) is 4.90. The first-order valence-corrected chi connectivity index (χ1v) is 6.36. The van der Waals surface area contributed by atoms with E-state index in [1.165, 1.54) is 18.2 Å². The highest BCUT2D eigenvalue weighted by atomic mass is 32.1. The monoisotopic (exact) mass is 269 g/mol. The number of carbonyl (C=O) groups excluding carboxylic acids is 1. The van der Waals surface area contributed by atoms with Crippen molar-refractivity contribution in [3.63, 3.8) is 0 Å². The maximum atomic E-state index is 13.7. The molecule has 1 aromatic rings. The van der Waals surface area contributed by atoms with Gasteiger partial charge in [-0.1, -0.05) is 0 Å². The number of halogens is 1. The summed E-state index contributed by atoms with van der Waals surface area (Å²) in [4.78, 5) is 14.6. The molecule has 1 fully saturated rings. The molecule has 0 aromatic heterocycles. The lowest BCUT2D eigenvalue weighted by Crippen LogP contribution is -2.36. The molecule has 5 heteroatoms. The van der Waals surface area contributed by atoms with Crippen LogP contribution in [0.15, 0.2) is 23.1 Å². The molecule has 0 radical (unpaired) electrons. The van der Waals surface area contributed by atoms with Crippen LogP contribution in [0.25, 0.3) is 0 Å². The smallest absolute Gasteiger partial charge is 0.257 e. The van der Waals surface area contributed by atoms with Gasteiger partial charge in [0.25, 0.3) is 5.91 Å². The fraction of sp³-hybridized carbons (Fsp3) is 0.462. The van der Waals surface area contributed by atoms with Crippen molar-refractivity contribution in [3.05, 3.63) is 29.6 Å². The lowest BCUT2D eigenvalue weighted by Gasteiger charge is -2.22. The molecular formula is C13H16FNO2S. The number of thiol groups is 1. The Balaban J connectivity index is 2.19. The van der Waals surface area contributed by atoms with Gasteiger partial charge in [-0.25, -0.2) is 4.39 Å². The molecule has 1 amide bonds. The van der Waals surface area contributed by atoms with Crippen molar-refractivity contribution in [2.45, 2.75) is 23.8 Å². The summed E-state index contributed by atoms with van der Waals surface area (Å²) in [6.45, 7) is 0.959. The lowest BCUT2D eigenvalue weighted by atomic mass is 10.2. The van der Waals surface area contributed by atoms with Crippen LogP contribution >= 0.6 is 12.6 Å². The summed E-state index contributed by atoms with van der Waals surface area (Å²) < 4.78 is 18.7. The van der Waals surface area contributed by atoms with Crippen molar-refractivity contribution in [2.24, 2.45) is 0 Å². The van der Waals surface area contributed by atoms with Crippen LogP contribution < -0.4 is 0 Å². The Morgan fingerprint density at radius 3 is 2.89 bits per heavy atom. The Morgan fingerprint density at radius 2 is 2.28 bits per heavy atom. The van der Waals surface area contributed by atoms with E-state index in [9.17, 15) is 9.18 Å². The number of hydrogen-bond donors (Lipinski definition) is 1. The van der Waals surface area contributed by atoms with E-state index in [1.54, 1.807) is 12.0 Å². The number of ether oxygens (including phenoxy) is 1. The van der Waals surface area contributed by atoms with Crippen LogP contribution in [0.4, 0.5) is 4.39 Å². The molecule has 0 spiro atoms. The SMILES string of the molecule is COCCN(C(=O)c1cc(S)ccc1F)C1CC1. The number of amides is 1. The highest BCUT2D eigenvalue weighted by molar-refractivity contribution is 7.80. The molecule has 18 heavy (non-hydrogen) atoms. The molecular weight excluding hydrogens is 253 g/mol. The third kappa shape index (κ3) is 3.03. The molecule has 1 aromatic carbocycles. The zero-order valence-corrected chi connectivity index (χ0v) is 11.1. The van der Waals surface area contributed by atoms with Gasteiger partial charge in [-0.05, 0) is 31.0 Å². The first kappa shape index (κ1) is 13.4. The molecule has 98 valence electrons. The van der Waals surface area contributed by atoms with E-state index in [0.717, 1.165) is 12.8 Å². The lowest BCUT2D eigenvalue weighted by molar-refractivity contribution is 0.0675. The van der Waals surface area contributed by atoms with E-state index in [2.05, 4.69) is 12.6 Å².